The summed E-state index contributed by atoms with van der Waals surface area (Å²) in [7, 11) is 0. The molecule has 98 valence electrons. The number of esters is 1. The third kappa shape index (κ3) is 3.10. The number of hydrogen-bond acceptors (Lipinski definition) is 4. The fourth-order valence-corrected chi connectivity index (χ4v) is 1.62. The Labute approximate surface area is 110 Å². The van der Waals surface area contributed by atoms with E-state index in [2.05, 4.69) is 0 Å². The van der Waals surface area contributed by atoms with E-state index < -0.39 is 5.97 Å². The minimum atomic E-state index is -0.464. The Morgan fingerprint density at radius 2 is 2.16 bits per heavy atom. The van der Waals surface area contributed by atoms with Crippen molar-refractivity contribution in [1.82, 2.24) is 0 Å². The van der Waals surface area contributed by atoms with Gasteiger partial charge in [-0.1, -0.05) is 19.1 Å². The average Bonchev–Trinajstić information content (AvgIpc) is 2.44. The molecule has 0 aliphatic carbocycles. The number of carbonyl (C=O) groups excluding carboxylic acids is 1. The molecule has 1 aromatic heterocycles. The van der Waals surface area contributed by atoms with Crippen LogP contribution in [0.3, 0.4) is 0 Å². The fraction of sp³-hybridized carbons (Fsp3) is 0.200. The van der Waals surface area contributed by atoms with Crippen molar-refractivity contribution in [3.8, 4) is 0 Å². The van der Waals surface area contributed by atoms with E-state index in [0.717, 1.165) is 6.42 Å². The molecular formula is C15H14O4. The van der Waals surface area contributed by atoms with Crippen LogP contribution < -0.4 is 5.43 Å². The second-order valence-electron chi connectivity index (χ2n) is 4.02. The fourth-order valence-electron chi connectivity index (χ4n) is 1.62. The van der Waals surface area contributed by atoms with E-state index in [1.165, 1.54) is 18.4 Å². The lowest BCUT2D eigenvalue weighted by atomic mass is 10.1. The van der Waals surface area contributed by atoms with Crippen LogP contribution in [0.4, 0.5) is 0 Å². The van der Waals surface area contributed by atoms with E-state index in [4.69, 9.17) is 9.15 Å². The van der Waals surface area contributed by atoms with Crippen molar-refractivity contribution in [2.24, 2.45) is 0 Å². The summed E-state index contributed by atoms with van der Waals surface area (Å²) in [5.41, 5.74) is 0.687. The van der Waals surface area contributed by atoms with Crippen LogP contribution in [0.5, 0.6) is 0 Å². The number of para-hydroxylation sites is 1. The van der Waals surface area contributed by atoms with E-state index >= 15 is 0 Å². The summed E-state index contributed by atoms with van der Waals surface area (Å²) in [6, 6.07) is 6.97. The van der Waals surface area contributed by atoms with Crippen LogP contribution in [0.2, 0.25) is 0 Å². The lowest BCUT2D eigenvalue weighted by Gasteiger charge is -1.99. The Bertz CT molecular complexity index is 667. The minimum absolute atomic E-state index is 0.165. The van der Waals surface area contributed by atoms with Crippen molar-refractivity contribution in [3.05, 3.63) is 52.4 Å². The van der Waals surface area contributed by atoms with E-state index in [1.54, 1.807) is 24.3 Å². The molecule has 0 aliphatic heterocycles. The molecule has 0 fully saturated rings. The van der Waals surface area contributed by atoms with Gasteiger partial charge in [0.15, 0.2) is 5.43 Å². The Morgan fingerprint density at radius 1 is 1.37 bits per heavy atom. The van der Waals surface area contributed by atoms with Gasteiger partial charge in [0.25, 0.3) is 0 Å². The molecule has 0 saturated heterocycles. The van der Waals surface area contributed by atoms with Crippen molar-refractivity contribution in [2.45, 2.75) is 13.3 Å². The first-order chi connectivity index (χ1) is 9.22. The molecule has 0 spiro atoms. The molecule has 2 aromatic rings. The second-order valence-corrected chi connectivity index (χ2v) is 4.02. The lowest BCUT2D eigenvalue weighted by molar-refractivity contribution is -0.137. The number of rotatable bonds is 4. The van der Waals surface area contributed by atoms with Crippen LogP contribution in [-0.2, 0) is 9.53 Å². The first-order valence-corrected chi connectivity index (χ1v) is 6.07. The van der Waals surface area contributed by atoms with Gasteiger partial charge in [-0.05, 0) is 24.6 Å². The third-order valence-electron chi connectivity index (χ3n) is 2.55. The highest BCUT2D eigenvalue weighted by atomic mass is 16.5. The van der Waals surface area contributed by atoms with Crippen molar-refractivity contribution in [2.75, 3.05) is 6.61 Å². The van der Waals surface area contributed by atoms with Crippen molar-refractivity contribution < 1.29 is 13.9 Å². The summed E-state index contributed by atoms with van der Waals surface area (Å²) in [5.74, 6) is -0.464. The van der Waals surface area contributed by atoms with Gasteiger partial charge in [0.2, 0.25) is 0 Å². The number of benzene rings is 1. The topological polar surface area (TPSA) is 56.5 Å². The molecule has 0 bridgehead atoms. The van der Waals surface area contributed by atoms with E-state index in [1.807, 2.05) is 6.92 Å². The summed E-state index contributed by atoms with van der Waals surface area (Å²) in [4.78, 5) is 23.4. The molecule has 0 aliphatic rings. The summed E-state index contributed by atoms with van der Waals surface area (Å²) < 4.78 is 10.2. The Hall–Kier alpha value is -2.36. The summed E-state index contributed by atoms with van der Waals surface area (Å²) in [5, 5.41) is 0.492. The lowest BCUT2D eigenvalue weighted by Crippen LogP contribution is -2.06. The van der Waals surface area contributed by atoms with Crippen molar-refractivity contribution in [1.29, 1.82) is 0 Å². The molecule has 0 saturated carbocycles. The molecule has 0 unspecified atom stereocenters. The molecular weight excluding hydrogens is 244 g/mol. The summed E-state index contributed by atoms with van der Waals surface area (Å²) in [6.07, 6.45) is 4.75. The highest BCUT2D eigenvalue weighted by molar-refractivity contribution is 5.88. The molecule has 19 heavy (non-hydrogen) atoms. The van der Waals surface area contributed by atoms with Gasteiger partial charge in [-0.25, -0.2) is 4.79 Å². The van der Waals surface area contributed by atoms with E-state index in [0.29, 0.717) is 23.1 Å². The van der Waals surface area contributed by atoms with Crippen LogP contribution in [0.15, 0.2) is 45.8 Å². The molecule has 1 aromatic carbocycles. The first kappa shape index (κ1) is 13.1. The maximum Gasteiger partial charge on any atom is 0.330 e. The van der Waals surface area contributed by atoms with Gasteiger partial charge in [0.05, 0.1) is 17.6 Å². The van der Waals surface area contributed by atoms with E-state index in [9.17, 15) is 9.59 Å². The monoisotopic (exact) mass is 258 g/mol. The SMILES string of the molecule is CCCOC(=O)/C=C/c1coc2ccccc2c1=O. The predicted molar refractivity (Wildman–Crippen MR) is 72.8 cm³/mol. The average molecular weight is 258 g/mol. The van der Waals surface area contributed by atoms with Gasteiger partial charge in [0, 0.05) is 6.08 Å². The van der Waals surface area contributed by atoms with Gasteiger partial charge in [-0.2, -0.15) is 0 Å². The molecule has 1 heterocycles. The highest BCUT2D eigenvalue weighted by Gasteiger charge is 2.04. The molecule has 4 nitrogen and oxygen atoms in total. The van der Waals surface area contributed by atoms with Crippen molar-refractivity contribution in [3.63, 3.8) is 0 Å². The largest absolute Gasteiger partial charge is 0.463 e. The first-order valence-electron chi connectivity index (χ1n) is 6.07. The molecule has 0 radical (unpaired) electrons. The van der Waals surface area contributed by atoms with Gasteiger partial charge < -0.3 is 9.15 Å². The number of carbonyl (C=O) groups is 1. The number of hydrogen-bond donors (Lipinski definition) is 0. The van der Waals surface area contributed by atoms with E-state index in [-0.39, 0.29) is 5.43 Å². The third-order valence-corrected chi connectivity index (χ3v) is 2.55. The number of ether oxygens (including phenoxy) is 1. The molecule has 0 N–H and O–H groups in total. The van der Waals surface area contributed by atoms with Gasteiger partial charge in [-0.15, -0.1) is 0 Å². The van der Waals surface area contributed by atoms with Crippen LogP contribution in [-0.4, -0.2) is 12.6 Å². The maximum atomic E-state index is 12.1. The van der Waals surface area contributed by atoms with Crippen LogP contribution in [0.25, 0.3) is 17.0 Å². The quantitative estimate of drug-likeness (QED) is 0.625. The van der Waals surface area contributed by atoms with Gasteiger partial charge in [0.1, 0.15) is 11.8 Å². The number of fused-ring (bicyclic) bond motifs is 1. The molecule has 0 amide bonds. The Kier molecular flexibility index (Phi) is 4.13. The zero-order valence-corrected chi connectivity index (χ0v) is 10.6. The molecule has 2 rings (SSSR count). The van der Waals surface area contributed by atoms with Crippen molar-refractivity contribution >= 4 is 23.0 Å². The van der Waals surface area contributed by atoms with Gasteiger partial charge in [-0.3, -0.25) is 4.79 Å². The van der Waals surface area contributed by atoms with Crippen LogP contribution in [0.1, 0.15) is 18.9 Å². The van der Waals surface area contributed by atoms with Crippen LogP contribution in [0, 0.1) is 0 Å². The smallest absolute Gasteiger partial charge is 0.330 e. The standard InChI is InChI=1S/C15H14O4/c1-2-9-18-14(16)8-7-11-10-19-13-6-4-3-5-12(13)15(11)17/h3-8,10H,2,9H2,1H3/b8-7+. The zero-order chi connectivity index (χ0) is 13.7. The Morgan fingerprint density at radius 3 is 2.95 bits per heavy atom. The van der Waals surface area contributed by atoms with Gasteiger partial charge >= 0.3 is 5.97 Å². The minimum Gasteiger partial charge on any atom is -0.463 e. The summed E-state index contributed by atoms with van der Waals surface area (Å²) in [6.45, 7) is 2.28. The molecule has 4 heteroatoms. The van der Waals surface area contributed by atoms with Crippen LogP contribution >= 0.6 is 0 Å². The zero-order valence-electron chi connectivity index (χ0n) is 10.6. The Balaban J connectivity index is 2.26. The summed E-state index contributed by atoms with van der Waals surface area (Å²) >= 11 is 0. The highest BCUT2D eigenvalue weighted by Crippen LogP contribution is 2.11. The molecule has 0 atom stereocenters. The second kappa shape index (κ2) is 6.00. The predicted octanol–water partition coefficient (Wildman–Crippen LogP) is 2.76. The normalized spacial score (nSPS) is 11.0. The maximum absolute atomic E-state index is 12.1.